The summed E-state index contributed by atoms with van der Waals surface area (Å²) in [6, 6.07) is 1.39. The Labute approximate surface area is 118 Å². The van der Waals surface area contributed by atoms with Crippen molar-refractivity contribution in [3.63, 3.8) is 0 Å². The first-order chi connectivity index (χ1) is 8.34. The number of furan rings is 1. The summed E-state index contributed by atoms with van der Waals surface area (Å²) in [4.78, 5) is 13.6. The molecule has 0 radical (unpaired) electrons. The number of halogens is 2. The molecule has 0 atom stereocenters. The third-order valence-corrected chi connectivity index (χ3v) is 4.90. The van der Waals surface area contributed by atoms with E-state index in [1.807, 2.05) is 6.92 Å². The quantitative estimate of drug-likeness (QED) is 0.778. The minimum Gasteiger partial charge on any atom is -0.443 e. The average molecular weight is 357 g/mol. The molecule has 1 aromatic rings. The zero-order valence-electron chi connectivity index (χ0n) is 9.52. The SMILES string of the molecule is CCN(C(=O)c1cc(S(=O)(=O)Cl)c(Br)o1)C1CC1. The van der Waals surface area contributed by atoms with Gasteiger partial charge in [0, 0.05) is 29.3 Å². The minimum absolute atomic E-state index is 0.0187. The monoisotopic (exact) mass is 355 g/mol. The van der Waals surface area contributed by atoms with Crippen molar-refractivity contribution in [3.05, 3.63) is 16.5 Å². The Morgan fingerprint density at radius 3 is 2.61 bits per heavy atom. The molecule has 8 heteroatoms. The molecule has 2 rings (SSSR count). The average Bonchev–Trinajstić information content (AvgIpc) is 3.00. The molecule has 0 N–H and O–H groups in total. The van der Waals surface area contributed by atoms with Gasteiger partial charge in [0.1, 0.15) is 4.90 Å². The molecule has 1 aromatic heterocycles. The Hall–Kier alpha value is -0.530. The topological polar surface area (TPSA) is 67.6 Å². The smallest absolute Gasteiger partial charge is 0.289 e. The van der Waals surface area contributed by atoms with Gasteiger partial charge in [-0.25, -0.2) is 8.42 Å². The van der Waals surface area contributed by atoms with Crippen molar-refractivity contribution in [2.24, 2.45) is 0 Å². The van der Waals surface area contributed by atoms with E-state index in [1.165, 1.54) is 0 Å². The summed E-state index contributed by atoms with van der Waals surface area (Å²) in [6.07, 6.45) is 1.95. The zero-order chi connectivity index (χ0) is 13.5. The van der Waals surface area contributed by atoms with E-state index in [1.54, 1.807) is 4.90 Å². The summed E-state index contributed by atoms with van der Waals surface area (Å²) in [5, 5.41) is 0. The van der Waals surface area contributed by atoms with E-state index < -0.39 is 9.05 Å². The normalized spacial score (nSPS) is 15.7. The van der Waals surface area contributed by atoms with Crippen LogP contribution in [0.1, 0.15) is 30.3 Å². The molecule has 1 aliphatic carbocycles. The van der Waals surface area contributed by atoms with Crippen molar-refractivity contribution in [1.82, 2.24) is 4.90 Å². The molecule has 5 nitrogen and oxygen atoms in total. The van der Waals surface area contributed by atoms with Gasteiger partial charge in [-0.3, -0.25) is 4.79 Å². The summed E-state index contributed by atoms with van der Waals surface area (Å²) in [6.45, 7) is 2.43. The van der Waals surface area contributed by atoms with Crippen LogP contribution in [0.5, 0.6) is 0 Å². The summed E-state index contributed by atoms with van der Waals surface area (Å²) in [5.74, 6) is -0.331. The van der Waals surface area contributed by atoms with Gasteiger partial charge in [-0.2, -0.15) is 0 Å². The fraction of sp³-hybridized carbons (Fsp3) is 0.500. The number of rotatable bonds is 4. The maximum Gasteiger partial charge on any atom is 0.289 e. The first kappa shape index (κ1) is 13.9. The first-order valence-electron chi connectivity index (χ1n) is 5.39. The Kier molecular flexibility index (Phi) is 3.75. The first-order valence-corrected chi connectivity index (χ1v) is 8.49. The van der Waals surface area contributed by atoms with Gasteiger partial charge in [0.15, 0.2) is 10.4 Å². The number of carbonyl (C=O) groups is 1. The maximum absolute atomic E-state index is 12.1. The van der Waals surface area contributed by atoms with Gasteiger partial charge in [-0.1, -0.05) is 0 Å². The van der Waals surface area contributed by atoms with Crippen LogP contribution in [0.15, 0.2) is 20.0 Å². The second-order valence-electron chi connectivity index (χ2n) is 4.01. The van der Waals surface area contributed by atoms with Gasteiger partial charge in [0.05, 0.1) is 0 Å². The molecule has 1 amide bonds. The van der Waals surface area contributed by atoms with Crippen LogP contribution in [-0.4, -0.2) is 31.8 Å². The van der Waals surface area contributed by atoms with Gasteiger partial charge in [-0.05, 0) is 35.7 Å². The van der Waals surface area contributed by atoms with Gasteiger partial charge >= 0.3 is 0 Å². The molecule has 0 unspecified atom stereocenters. The Bertz CT molecular complexity index is 579. The minimum atomic E-state index is -3.92. The highest BCUT2D eigenvalue weighted by Crippen LogP contribution is 2.32. The molecule has 0 bridgehead atoms. The molecule has 18 heavy (non-hydrogen) atoms. The third kappa shape index (κ3) is 2.73. The van der Waals surface area contributed by atoms with Crippen LogP contribution in [0.4, 0.5) is 0 Å². The van der Waals surface area contributed by atoms with Crippen LogP contribution in [-0.2, 0) is 9.05 Å². The molecular weight excluding hydrogens is 346 g/mol. The van der Waals surface area contributed by atoms with Crippen LogP contribution in [0.2, 0.25) is 0 Å². The van der Waals surface area contributed by atoms with Crippen LogP contribution >= 0.6 is 26.6 Å². The molecule has 0 saturated heterocycles. The highest BCUT2D eigenvalue weighted by atomic mass is 79.9. The Morgan fingerprint density at radius 1 is 1.61 bits per heavy atom. The lowest BCUT2D eigenvalue weighted by atomic mass is 10.3. The number of nitrogens with zero attached hydrogens (tertiary/aromatic N) is 1. The fourth-order valence-corrected chi connectivity index (χ4v) is 3.75. The van der Waals surface area contributed by atoms with Crippen LogP contribution < -0.4 is 0 Å². The van der Waals surface area contributed by atoms with E-state index in [0.29, 0.717) is 6.54 Å². The lowest BCUT2D eigenvalue weighted by molar-refractivity contribution is 0.0719. The molecule has 1 saturated carbocycles. The lowest BCUT2D eigenvalue weighted by Crippen LogP contribution is -2.32. The van der Waals surface area contributed by atoms with Crippen molar-refractivity contribution < 1.29 is 17.6 Å². The van der Waals surface area contributed by atoms with Crippen LogP contribution in [0.3, 0.4) is 0 Å². The van der Waals surface area contributed by atoms with Gasteiger partial charge in [0.2, 0.25) is 0 Å². The van der Waals surface area contributed by atoms with Crippen molar-refractivity contribution in [1.29, 1.82) is 0 Å². The molecule has 0 aliphatic heterocycles. The predicted molar refractivity (Wildman–Crippen MR) is 69.2 cm³/mol. The zero-order valence-corrected chi connectivity index (χ0v) is 12.7. The fourth-order valence-electron chi connectivity index (χ4n) is 1.72. The second kappa shape index (κ2) is 4.86. The van der Waals surface area contributed by atoms with Crippen molar-refractivity contribution >= 4 is 41.6 Å². The summed E-state index contributed by atoms with van der Waals surface area (Å²) < 4.78 is 27.5. The molecule has 0 spiro atoms. The third-order valence-electron chi connectivity index (χ3n) is 2.72. The number of amides is 1. The van der Waals surface area contributed by atoms with E-state index in [0.717, 1.165) is 18.9 Å². The second-order valence-corrected chi connectivity index (χ2v) is 7.26. The van der Waals surface area contributed by atoms with Gasteiger partial charge < -0.3 is 9.32 Å². The summed E-state index contributed by atoms with van der Waals surface area (Å²) >= 11 is 2.94. The van der Waals surface area contributed by atoms with E-state index in [-0.39, 0.29) is 27.3 Å². The molecule has 0 aromatic carbocycles. The molecule has 1 heterocycles. The van der Waals surface area contributed by atoms with Gasteiger partial charge in [-0.15, -0.1) is 0 Å². The van der Waals surface area contributed by atoms with Crippen molar-refractivity contribution in [2.45, 2.75) is 30.7 Å². The van der Waals surface area contributed by atoms with Crippen LogP contribution in [0.25, 0.3) is 0 Å². The maximum atomic E-state index is 12.1. The van der Waals surface area contributed by atoms with E-state index in [4.69, 9.17) is 15.1 Å². The molecule has 1 fully saturated rings. The highest BCUT2D eigenvalue weighted by molar-refractivity contribution is 9.10. The Morgan fingerprint density at radius 2 is 2.22 bits per heavy atom. The molecule has 1 aliphatic rings. The number of hydrogen-bond acceptors (Lipinski definition) is 4. The van der Waals surface area contributed by atoms with E-state index >= 15 is 0 Å². The summed E-state index contributed by atoms with van der Waals surface area (Å²) in [5.41, 5.74) is 0. The largest absolute Gasteiger partial charge is 0.443 e. The highest BCUT2D eigenvalue weighted by Gasteiger charge is 2.34. The standard InChI is InChI=1S/C10H11BrClNO4S/c1-2-13(6-3-4-6)10(14)7-5-8(9(11)17-7)18(12,15)16/h5-6H,2-4H2,1H3. The van der Waals surface area contributed by atoms with Crippen LogP contribution in [0, 0.1) is 0 Å². The van der Waals surface area contributed by atoms with Gasteiger partial charge in [0.25, 0.3) is 15.0 Å². The predicted octanol–water partition coefficient (Wildman–Crippen LogP) is 2.59. The molecule has 100 valence electrons. The number of hydrogen-bond donors (Lipinski definition) is 0. The summed E-state index contributed by atoms with van der Waals surface area (Å²) in [7, 11) is 1.31. The van der Waals surface area contributed by atoms with E-state index in [2.05, 4.69) is 15.9 Å². The number of carbonyl (C=O) groups excluding carboxylic acids is 1. The molecular formula is C10H11BrClNO4S. The van der Waals surface area contributed by atoms with Crippen molar-refractivity contribution in [2.75, 3.05) is 6.54 Å². The van der Waals surface area contributed by atoms with Crippen molar-refractivity contribution in [3.8, 4) is 0 Å². The Balaban J connectivity index is 2.31. The lowest BCUT2D eigenvalue weighted by Gasteiger charge is -2.18. The van der Waals surface area contributed by atoms with E-state index in [9.17, 15) is 13.2 Å².